The normalized spacial score (nSPS) is 21.9. The van der Waals surface area contributed by atoms with Gasteiger partial charge in [0, 0.05) is 37.3 Å². The average Bonchev–Trinajstić information content (AvgIpc) is 2.83. The lowest BCUT2D eigenvalue weighted by molar-refractivity contribution is -0.0780. The Balaban J connectivity index is 1.32. The van der Waals surface area contributed by atoms with Gasteiger partial charge in [-0.2, -0.15) is 9.37 Å². The van der Waals surface area contributed by atoms with Gasteiger partial charge in [0.1, 0.15) is 18.2 Å². The first-order chi connectivity index (χ1) is 16.5. The largest absolute Gasteiger partial charge is 0.471 e. The number of aromatic nitrogens is 4. The van der Waals surface area contributed by atoms with Crippen molar-refractivity contribution in [3.8, 4) is 5.88 Å². The zero-order valence-corrected chi connectivity index (χ0v) is 19.0. The third-order valence-corrected chi connectivity index (χ3v) is 6.27. The predicted molar refractivity (Wildman–Crippen MR) is 122 cm³/mol. The van der Waals surface area contributed by atoms with E-state index in [9.17, 15) is 4.39 Å². The lowest BCUT2D eigenvalue weighted by Crippen LogP contribution is -2.58. The number of halogens is 2. The molecule has 3 aromatic rings. The zero-order valence-electron chi connectivity index (χ0n) is 19.0. The minimum atomic E-state index is -0.762. The van der Waals surface area contributed by atoms with Crippen LogP contribution in [0.4, 0.5) is 26.2 Å². The lowest BCUT2D eigenvalue weighted by Gasteiger charge is -2.46. The van der Waals surface area contributed by atoms with Crippen LogP contribution in [-0.4, -0.2) is 52.3 Å². The third kappa shape index (κ3) is 4.50. The summed E-state index contributed by atoms with van der Waals surface area (Å²) in [7, 11) is 0. The van der Waals surface area contributed by atoms with Crippen LogP contribution in [0.25, 0.3) is 0 Å². The number of nitrogens with zero attached hydrogens (tertiary/aromatic N) is 5. The molecule has 2 bridgehead atoms. The van der Waals surface area contributed by atoms with Crippen LogP contribution in [0, 0.1) is 30.4 Å². The minimum Gasteiger partial charge on any atom is -0.471 e. The molecule has 2 aliphatic heterocycles. The molecule has 0 amide bonds. The van der Waals surface area contributed by atoms with Crippen LogP contribution in [0.2, 0.25) is 0 Å². The maximum Gasteiger partial charge on any atom is 0.256 e. The van der Waals surface area contributed by atoms with Crippen molar-refractivity contribution in [2.24, 2.45) is 11.8 Å². The van der Waals surface area contributed by atoms with E-state index in [0.29, 0.717) is 32.3 Å². The summed E-state index contributed by atoms with van der Waals surface area (Å²) in [5, 5.41) is 2.70. The summed E-state index contributed by atoms with van der Waals surface area (Å²) in [5.41, 5.74) is 1.98. The summed E-state index contributed by atoms with van der Waals surface area (Å²) in [5.74, 6) is -0.909. The second-order valence-electron chi connectivity index (χ2n) is 8.74. The van der Waals surface area contributed by atoms with Crippen molar-refractivity contribution in [1.82, 2.24) is 19.9 Å². The summed E-state index contributed by atoms with van der Waals surface area (Å²) in [6.45, 7) is 6.06. The van der Waals surface area contributed by atoms with Gasteiger partial charge in [0.25, 0.3) is 5.88 Å². The zero-order chi connectivity index (χ0) is 23.7. The monoisotopic (exact) mass is 468 g/mol. The van der Waals surface area contributed by atoms with Gasteiger partial charge in [0.2, 0.25) is 11.8 Å². The van der Waals surface area contributed by atoms with Crippen molar-refractivity contribution in [3.05, 3.63) is 59.7 Å². The number of nitrogens with one attached hydrogen (secondary N) is 1. The van der Waals surface area contributed by atoms with Crippen molar-refractivity contribution in [2.45, 2.75) is 26.4 Å². The molecule has 5 rings (SSSR count). The highest BCUT2D eigenvalue weighted by atomic mass is 19.1. The molecular weight excluding hydrogens is 442 g/mol. The second-order valence-corrected chi connectivity index (χ2v) is 8.74. The number of fused-ring (bicyclic) bond motifs is 2. The number of benzene rings is 1. The van der Waals surface area contributed by atoms with Crippen molar-refractivity contribution < 1.29 is 18.3 Å². The molecule has 2 saturated heterocycles. The van der Waals surface area contributed by atoms with Gasteiger partial charge in [-0.05, 0) is 36.6 Å². The molecule has 34 heavy (non-hydrogen) atoms. The number of rotatable bonds is 6. The number of aryl methyl sites for hydroxylation is 2. The summed E-state index contributed by atoms with van der Waals surface area (Å²) in [6.07, 6.45) is 5.50. The van der Waals surface area contributed by atoms with E-state index in [2.05, 4.69) is 37.1 Å². The molecule has 178 valence electrons. The van der Waals surface area contributed by atoms with Crippen molar-refractivity contribution in [2.75, 3.05) is 36.5 Å². The standard InChI is InChI=1S/C24H26F2N6O2/c1-3-15-7-27-24(28-8-15)32-9-16-11-33-12-17(10-32)21(16)34-23-20(26)22(29-13-30-23)31-19-5-4-14(2)6-18(19)25/h4-8,13,16-17,21H,3,9-12H2,1-2H3,(H,29,30,31). The Morgan fingerprint density at radius 3 is 2.50 bits per heavy atom. The summed E-state index contributed by atoms with van der Waals surface area (Å²) >= 11 is 0. The van der Waals surface area contributed by atoms with Gasteiger partial charge in [-0.3, -0.25) is 0 Å². The maximum atomic E-state index is 15.2. The minimum absolute atomic E-state index is 0.0118. The quantitative estimate of drug-likeness (QED) is 0.586. The maximum absolute atomic E-state index is 15.2. The molecule has 2 aromatic heterocycles. The van der Waals surface area contributed by atoms with Gasteiger partial charge < -0.3 is 19.7 Å². The second kappa shape index (κ2) is 9.46. The Morgan fingerprint density at radius 1 is 1.09 bits per heavy atom. The first-order valence-corrected chi connectivity index (χ1v) is 11.4. The SMILES string of the molecule is CCc1cnc(N2CC3COCC(C2)C3Oc2ncnc(Nc3ccc(C)cc3F)c2F)nc1. The van der Waals surface area contributed by atoms with Crippen LogP contribution in [0.1, 0.15) is 18.1 Å². The fourth-order valence-corrected chi connectivity index (χ4v) is 4.45. The fourth-order valence-electron chi connectivity index (χ4n) is 4.45. The molecule has 0 saturated carbocycles. The van der Waals surface area contributed by atoms with E-state index in [1.165, 1.54) is 12.4 Å². The summed E-state index contributed by atoms with van der Waals surface area (Å²) < 4.78 is 41.3. The molecule has 1 N–H and O–H groups in total. The highest BCUT2D eigenvalue weighted by molar-refractivity contribution is 5.58. The Bertz CT molecular complexity index is 1150. The highest BCUT2D eigenvalue weighted by Crippen LogP contribution is 2.34. The summed E-state index contributed by atoms with van der Waals surface area (Å²) in [6, 6.07) is 4.64. The Labute approximate surface area is 196 Å². The van der Waals surface area contributed by atoms with E-state index in [-0.39, 0.29) is 35.3 Å². The summed E-state index contributed by atoms with van der Waals surface area (Å²) in [4.78, 5) is 19.1. The average molecular weight is 469 g/mol. The fraction of sp³-hybridized carbons (Fsp3) is 0.417. The highest BCUT2D eigenvalue weighted by Gasteiger charge is 2.43. The molecule has 2 aliphatic rings. The number of piperidine rings is 1. The molecule has 8 nitrogen and oxygen atoms in total. The molecule has 2 unspecified atom stereocenters. The predicted octanol–water partition coefficient (Wildman–Crippen LogP) is 3.69. The number of hydrogen-bond acceptors (Lipinski definition) is 8. The van der Waals surface area contributed by atoms with Gasteiger partial charge >= 0.3 is 0 Å². The first-order valence-electron chi connectivity index (χ1n) is 11.4. The molecule has 0 radical (unpaired) electrons. The third-order valence-electron chi connectivity index (χ3n) is 6.27. The van der Waals surface area contributed by atoms with Crippen LogP contribution in [-0.2, 0) is 11.2 Å². The molecule has 4 heterocycles. The van der Waals surface area contributed by atoms with E-state index >= 15 is 4.39 Å². The van der Waals surface area contributed by atoms with Gasteiger partial charge in [0.15, 0.2) is 5.82 Å². The first kappa shape index (κ1) is 22.4. The molecule has 10 heteroatoms. The molecule has 0 spiro atoms. The number of anilines is 3. The Morgan fingerprint density at radius 2 is 1.82 bits per heavy atom. The lowest BCUT2D eigenvalue weighted by atomic mass is 9.84. The van der Waals surface area contributed by atoms with E-state index in [4.69, 9.17) is 9.47 Å². The Kier molecular flexibility index (Phi) is 6.23. The molecule has 2 atom stereocenters. The molecule has 0 aliphatic carbocycles. The van der Waals surface area contributed by atoms with Crippen molar-refractivity contribution in [3.63, 3.8) is 0 Å². The van der Waals surface area contributed by atoms with Crippen LogP contribution < -0.4 is 15.0 Å². The van der Waals surface area contributed by atoms with Gasteiger partial charge in [-0.15, -0.1) is 0 Å². The van der Waals surface area contributed by atoms with E-state index < -0.39 is 11.6 Å². The van der Waals surface area contributed by atoms with Crippen LogP contribution in [0.15, 0.2) is 36.9 Å². The number of hydrogen-bond donors (Lipinski definition) is 1. The van der Waals surface area contributed by atoms with Crippen molar-refractivity contribution >= 4 is 17.5 Å². The topological polar surface area (TPSA) is 85.3 Å². The molecule has 1 aromatic carbocycles. The number of ether oxygens (including phenoxy) is 2. The van der Waals surface area contributed by atoms with Crippen LogP contribution in [0.5, 0.6) is 5.88 Å². The van der Waals surface area contributed by atoms with Crippen LogP contribution >= 0.6 is 0 Å². The van der Waals surface area contributed by atoms with E-state index in [1.807, 2.05) is 12.4 Å². The van der Waals surface area contributed by atoms with Gasteiger partial charge in [-0.25, -0.2) is 19.3 Å². The van der Waals surface area contributed by atoms with Crippen molar-refractivity contribution in [1.29, 1.82) is 0 Å². The molecular formula is C24H26F2N6O2. The van der Waals surface area contributed by atoms with Gasteiger partial charge in [0.05, 0.1) is 18.9 Å². The van der Waals surface area contributed by atoms with E-state index in [0.717, 1.165) is 17.5 Å². The smallest absolute Gasteiger partial charge is 0.256 e. The Hall–Kier alpha value is -3.40. The van der Waals surface area contributed by atoms with Crippen LogP contribution in [0.3, 0.4) is 0 Å². The molecule has 2 fully saturated rings. The van der Waals surface area contributed by atoms with E-state index in [1.54, 1.807) is 19.1 Å². The van der Waals surface area contributed by atoms with Gasteiger partial charge in [-0.1, -0.05) is 13.0 Å².